The van der Waals surface area contributed by atoms with Gasteiger partial charge < -0.3 is 20.7 Å². The normalized spacial score (nSPS) is 12.3. The Kier molecular flexibility index (Phi) is 13.4. The number of rotatable bonds is 9. The molecule has 0 spiro atoms. The molecule has 3 N–H and O–H groups in total. The maximum atomic E-state index is 11.7. The monoisotopic (exact) mass is 511 g/mol. The van der Waals surface area contributed by atoms with Gasteiger partial charge in [-0.3, -0.25) is 0 Å². The zero-order valence-electron chi connectivity index (χ0n) is 17.2. The van der Waals surface area contributed by atoms with Crippen LogP contribution in [0.5, 0.6) is 0 Å². The van der Waals surface area contributed by atoms with Gasteiger partial charge in [-0.15, -0.1) is 35.3 Å². The molecule has 1 heterocycles. The molecule has 1 amide bonds. The molecule has 0 saturated heterocycles. The van der Waals surface area contributed by atoms with Gasteiger partial charge in [0, 0.05) is 24.0 Å². The minimum atomic E-state index is -0.379. The van der Waals surface area contributed by atoms with Crippen molar-refractivity contribution in [3.8, 4) is 0 Å². The van der Waals surface area contributed by atoms with E-state index >= 15 is 0 Å². The molecule has 1 aromatic rings. The number of thiazole rings is 1. The average molecular weight is 511 g/mol. The van der Waals surface area contributed by atoms with Crippen LogP contribution in [0.15, 0.2) is 4.99 Å². The molecule has 0 fully saturated rings. The molecule has 1 rings (SSSR count). The molecule has 0 aromatic carbocycles. The Morgan fingerprint density at radius 3 is 2.48 bits per heavy atom. The number of aliphatic imine (C=N–C) groups is 1. The number of carbonyl (C=O) groups is 1. The van der Waals surface area contributed by atoms with Crippen LogP contribution >= 0.6 is 35.3 Å². The van der Waals surface area contributed by atoms with Crippen LogP contribution in [-0.2, 0) is 11.3 Å². The van der Waals surface area contributed by atoms with E-state index in [9.17, 15) is 4.79 Å². The Morgan fingerprint density at radius 1 is 1.26 bits per heavy atom. The van der Waals surface area contributed by atoms with Gasteiger partial charge in [0.05, 0.1) is 18.8 Å². The van der Waals surface area contributed by atoms with Gasteiger partial charge in [-0.1, -0.05) is 13.8 Å². The number of hydrogen-bond donors (Lipinski definition) is 3. The van der Waals surface area contributed by atoms with Gasteiger partial charge in [0.25, 0.3) is 0 Å². The van der Waals surface area contributed by atoms with Crippen LogP contribution in [0, 0.1) is 19.8 Å². The summed E-state index contributed by atoms with van der Waals surface area (Å²) in [6, 6.07) is -0.0257. The van der Waals surface area contributed by atoms with Crippen molar-refractivity contribution in [3.05, 3.63) is 15.6 Å². The maximum Gasteiger partial charge on any atom is 0.407 e. The highest BCUT2D eigenvalue weighted by Gasteiger charge is 2.15. The number of nitrogens with one attached hydrogen (secondary N) is 3. The van der Waals surface area contributed by atoms with E-state index in [-0.39, 0.29) is 36.1 Å². The quantitative estimate of drug-likeness (QED) is 0.268. The third-order valence-electron chi connectivity index (χ3n) is 3.66. The van der Waals surface area contributed by atoms with Crippen LogP contribution in [0.3, 0.4) is 0 Å². The molecule has 1 atom stereocenters. The van der Waals surface area contributed by atoms with Gasteiger partial charge in [-0.2, -0.15) is 0 Å². The van der Waals surface area contributed by atoms with Crippen molar-refractivity contribution in [1.29, 1.82) is 0 Å². The Labute approximate surface area is 184 Å². The molecular formula is C18H34IN5O2S. The number of ether oxygens (including phenoxy) is 1. The first-order valence-electron chi connectivity index (χ1n) is 9.24. The standard InChI is InChI=1S/C18H33N5O2S.HI/c1-7-19-17(21-11-16-22-13(5)14(6)26-16)20-10-15(9-12(3)4)23-18(24)25-8-2;/h12,15H,7-11H2,1-6H3,(H,23,24)(H2,19,20,21);1H. The van der Waals surface area contributed by atoms with Crippen molar-refractivity contribution in [2.24, 2.45) is 10.9 Å². The second kappa shape index (κ2) is 14.0. The van der Waals surface area contributed by atoms with Crippen LogP contribution in [0.2, 0.25) is 0 Å². The Morgan fingerprint density at radius 2 is 1.96 bits per heavy atom. The molecule has 0 aliphatic heterocycles. The van der Waals surface area contributed by atoms with Gasteiger partial charge in [0.2, 0.25) is 0 Å². The van der Waals surface area contributed by atoms with E-state index in [1.54, 1.807) is 18.3 Å². The van der Waals surface area contributed by atoms with Gasteiger partial charge in [0.1, 0.15) is 5.01 Å². The highest BCUT2D eigenvalue weighted by atomic mass is 127. The number of alkyl carbamates (subject to hydrolysis) is 1. The van der Waals surface area contributed by atoms with Gasteiger partial charge in [-0.25, -0.2) is 14.8 Å². The third-order valence-corrected chi connectivity index (χ3v) is 4.72. The zero-order chi connectivity index (χ0) is 19.5. The Bertz CT molecular complexity index is 573. The largest absolute Gasteiger partial charge is 0.450 e. The first kappa shape index (κ1) is 25.9. The van der Waals surface area contributed by atoms with E-state index in [2.05, 4.69) is 46.7 Å². The third kappa shape index (κ3) is 10.7. The molecule has 1 aromatic heterocycles. The van der Waals surface area contributed by atoms with Crippen molar-refractivity contribution >= 4 is 47.4 Å². The zero-order valence-corrected chi connectivity index (χ0v) is 20.4. The van der Waals surface area contributed by atoms with E-state index in [1.165, 1.54) is 4.88 Å². The number of aromatic nitrogens is 1. The highest BCUT2D eigenvalue weighted by molar-refractivity contribution is 14.0. The van der Waals surface area contributed by atoms with E-state index in [0.29, 0.717) is 25.6 Å². The number of aryl methyl sites for hydroxylation is 2. The summed E-state index contributed by atoms with van der Waals surface area (Å²) < 4.78 is 5.00. The van der Waals surface area contributed by atoms with E-state index in [4.69, 9.17) is 4.74 Å². The summed E-state index contributed by atoms with van der Waals surface area (Å²) in [6.45, 7) is 14.4. The lowest BCUT2D eigenvalue weighted by Crippen LogP contribution is -2.47. The summed E-state index contributed by atoms with van der Waals surface area (Å²) in [5.74, 6) is 1.18. The van der Waals surface area contributed by atoms with Gasteiger partial charge >= 0.3 is 6.09 Å². The minimum Gasteiger partial charge on any atom is -0.450 e. The number of hydrogen-bond acceptors (Lipinski definition) is 5. The second-order valence-corrected chi connectivity index (χ2v) is 7.80. The number of amides is 1. The van der Waals surface area contributed by atoms with Crippen molar-refractivity contribution in [1.82, 2.24) is 20.9 Å². The summed E-state index contributed by atoms with van der Waals surface area (Å²) in [5.41, 5.74) is 1.06. The summed E-state index contributed by atoms with van der Waals surface area (Å²) in [5, 5.41) is 10.5. The van der Waals surface area contributed by atoms with Crippen molar-refractivity contribution in [2.75, 3.05) is 19.7 Å². The SMILES string of the molecule is CCNC(=NCc1nc(C)c(C)s1)NCC(CC(C)C)NC(=O)OCC.I. The van der Waals surface area contributed by atoms with Crippen LogP contribution < -0.4 is 16.0 Å². The molecule has 9 heteroatoms. The Balaban J connectivity index is 0.00000676. The van der Waals surface area contributed by atoms with Crippen LogP contribution in [-0.4, -0.2) is 42.8 Å². The molecule has 0 saturated carbocycles. The fourth-order valence-corrected chi connectivity index (χ4v) is 3.28. The molecule has 156 valence electrons. The van der Waals surface area contributed by atoms with Crippen molar-refractivity contribution < 1.29 is 9.53 Å². The molecule has 0 bridgehead atoms. The summed E-state index contributed by atoms with van der Waals surface area (Å²) >= 11 is 1.67. The van der Waals surface area contributed by atoms with Crippen LogP contribution in [0.1, 0.15) is 49.7 Å². The molecule has 1 unspecified atom stereocenters. The lowest BCUT2D eigenvalue weighted by molar-refractivity contribution is 0.146. The predicted octanol–water partition coefficient (Wildman–Crippen LogP) is 3.59. The topological polar surface area (TPSA) is 87.6 Å². The first-order chi connectivity index (χ1) is 12.3. The maximum absolute atomic E-state index is 11.7. The van der Waals surface area contributed by atoms with Crippen LogP contribution in [0.25, 0.3) is 0 Å². The molecule has 0 aliphatic rings. The summed E-state index contributed by atoms with van der Waals surface area (Å²) in [4.78, 5) is 22.1. The fourth-order valence-electron chi connectivity index (χ4n) is 2.42. The van der Waals surface area contributed by atoms with Crippen LogP contribution in [0.4, 0.5) is 4.79 Å². The molecular weight excluding hydrogens is 477 g/mol. The highest BCUT2D eigenvalue weighted by Crippen LogP contribution is 2.16. The average Bonchev–Trinajstić information content (AvgIpc) is 2.88. The summed E-state index contributed by atoms with van der Waals surface area (Å²) in [7, 11) is 0. The number of carbonyl (C=O) groups excluding carboxylic acids is 1. The molecule has 0 radical (unpaired) electrons. The second-order valence-electron chi connectivity index (χ2n) is 6.52. The molecule has 0 aliphatic carbocycles. The lowest BCUT2D eigenvalue weighted by atomic mass is 10.0. The lowest BCUT2D eigenvalue weighted by Gasteiger charge is -2.22. The van der Waals surface area contributed by atoms with E-state index in [1.807, 2.05) is 13.8 Å². The van der Waals surface area contributed by atoms with Crippen molar-refractivity contribution in [2.45, 2.75) is 60.5 Å². The van der Waals surface area contributed by atoms with E-state index in [0.717, 1.165) is 29.6 Å². The molecule has 27 heavy (non-hydrogen) atoms. The smallest absolute Gasteiger partial charge is 0.407 e. The minimum absolute atomic E-state index is 0. The van der Waals surface area contributed by atoms with E-state index < -0.39 is 0 Å². The van der Waals surface area contributed by atoms with Crippen molar-refractivity contribution in [3.63, 3.8) is 0 Å². The number of nitrogens with zero attached hydrogens (tertiary/aromatic N) is 2. The fraction of sp³-hybridized carbons (Fsp3) is 0.722. The summed E-state index contributed by atoms with van der Waals surface area (Å²) in [6.07, 6.45) is 0.478. The number of guanidine groups is 1. The number of halogens is 1. The Hall–Kier alpha value is -1.10. The first-order valence-corrected chi connectivity index (χ1v) is 10.1. The van der Waals surface area contributed by atoms with Gasteiger partial charge in [0.15, 0.2) is 5.96 Å². The van der Waals surface area contributed by atoms with Gasteiger partial charge in [-0.05, 0) is 40.0 Å². The predicted molar refractivity (Wildman–Crippen MR) is 123 cm³/mol. The molecule has 7 nitrogen and oxygen atoms in total.